The minimum Gasteiger partial charge on any atom is -0.440 e. The second kappa shape index (κ2) is 7.12. The van der Waals surface area contributed by atoms with Gasteiger partial charge in [0.1, 0.15) is 17.9 Å². The van der Waals surface area contributed by atoms with E-state index in [1.54, 1.807) is 0 Å². The maximum absolute atomic E-state index is 13.1. The average Bonchev–Trinajstić information content (AvgIpc) is 2.60. The number of rotatable bonds is 4. The average molecular weight is 446 g/mol. The molecule has 0 fully saturated rings. The highest BCUT2D eigenvalue weighted by atomic mass is 35.6. The zero-order valence-corrected chi connectivity index (χ0v) is 15.0. The molecule has 1 aliphatic heterocycles. The summed E-state index contributed by atoms with van der Waals surface area (Å²) >= 11 is 16.7. The molecule has 25 heavy (non-hydrogen) atoms. The van der Waals surface area contributed by atoms with E-state index in [0.717, 1.165) is 6.07 Å². The Morgan fingerprint density at radius 3 is 2.40 bits per heavy atom. The van der Waals surface area contributed by atoms with Gasteiger partial charge in [-0.3, -0.25) is 4.52 Å². The smallest absolute Gasteiger partial charge is 0.424 e. The number of para-hydroxylation sites is 1. The van der Waals surface area contributed by atoms with Gasteiger partial charge in [0.25, 0.3) is 5.85 Å². The number of benzene rings is 1. The van der Waals surface area contributed by atoms with Crippen molar-refractivity contribution in [3.8, 4) is 5.75 Å². The van der Waals surface area contributed by atoms with Crippen LogP contribution in [0, 0.1) is 0 Å². The Kier molecular flexibility index (Phi) is 5.86. The van der Waals surface area contributed by atoms with Crippen molar-refractivity contribution in [3.63, 3.8) is 0 Å². The number of hydrogen-bond acceptors (Lipinski definition) is 5. The first-order valence-electron chi connectivity index (χ1n) is 6.33. The molecule has 140 valence electrons. The molecule has 0 saturated heterocycles. The van der Waals surface area contributed by atoms with Crippen LogP contribution in [0.5, 0.6) is 5.75 Å². The Labute approximate surface area is 153 Å². The monoisotopic (exact) mass is 444 g/mol. The summed E-state index contributed by atoms with van der Waals surface area (Å²) in [5, 5.41) is 0. The molecule has 13 heteroatoms. The summed E-state index contributed by atoms with van der Waals surface area (Å²) in [5.41, 5.74) is -0.247. The van der Waals surface area contributed by atoms with E-state index in [2.05, 4.69) is 4.52 Å². The third-order valence-electron chi connectivity index (χ3n) is 2.87. The molecule has 0 radical (unpaired) electrons. The summed E-state index contributed by atoms with van der Waals surface area (Å²) in [4.78, 5) is 12.0. The molecule has 1 aromatic carbocycles. The Balaban J connectivity index is 2.43. The standard InChI is InChI=1S/C12H8Cl3F4O5P/c13-12(14,15)10-23-8(20)6-3-1-2-4-7(6)24-25(10,21)22-5-11(18,19)9(16)17/h1-4,9-10H,5H2. The fourth-order valence-electron chi connectivity index (χ4n) is 1.71. The molecule has 0 bridgehead atoms. The summed E-state index contributed by atoms with van der Waals surface area (Å²) in [6.45, 7) is -2.01. The molecule has 0 saturated carbocycles. The Hall–Kier alpha value is -0.730. The maximum Gasteiger partial charge on any atom is 0.424 e. The Morgan fingerprint density at radius 2 is 1.84 bits per heavy atom. The molecule has 1 aromatic rings. The van der Waals surface area contributed by atoms with Gasteiger partial charge in [-0.1, -0.05) is 46.9 Å². The third kappa shape index (κ3) is 4.52. The van der Waals surface area contributed by atoms with Crippen molar-refractivity contribution in [2.45, 2.75) is 22.0 Å². The van der Waals surface area contributed by atoms with E-state index in [0.29, 0.717) is 0 Å². The van der Waals surface area contributed by atoms with Crippen LogP contribution in [0.2, 0.25) is 0 Å². The number of carbonyl (C=O) groups is 1. The predicted octanol–water partition coefficient (Wildman–Crippen LogP) is 5.04. The van der Waals surface area contributed by atoms with Crippen LogP contribution >= 0.6 is 42.4 Å². The molecule has 0 amide bonds. The van der Waals surface area contributed by atoms with Crippen LogP contribution in [0.25, 0.3) is 0 Å². The van der Waals surface area contributed by atoms with E-state index < -0.39 is 42.2 Å². The highest BCUT2D eigenvalue weighted by Gasteiger charge is 2.57. The normalized spacial score (nSPS) is 24.3. The fraction of sp³-hybridized carbons (Fsp3) is 0.417. The number of halogens is 7. The number of hydrogen-bond donors (Lipinski definition) is 0. The van der Waals surface area contributed by atoms with Gasteiger partial charge < -0.3 is 9.26 Å². The molecule has 2 atom stereocenters. The van der Waals surface area contributed by atoms with Crippen molar-refractivity contribution in [2.24, 2.45) is 0 Å². The first-order valence-corrected chi connectivity index (χ1v) is 9.08. The summed E-state index contributed by atoms with van der Waals surface area (Å²) in [5.74, 6) is -8.42. The fourth-order valence-corrected chi connectivity index (χ4v) is 4.57. The van der Waals surface area contributed by atoms with Crippen molar-refractivity contribution in [1.29, 1.82) is 0 Å². The van der Waals surface area contributed by atoms with Gasteiger partial charge in [-0.15, -0.1) is 0 Å². The molecule has 0 aromatic heterocycles. The van der Waals surface area contributed by atoms with Gasteiger partial charge in [0.05, 0.1) is 0 Å². The number of cyclic esters (lactones) is 1. The van der Waals surface area contributed by atoms with Crippen molar-refractivity contribution in [3.05, 3.63) is 29.8 Å². The number of esters is 1. The Bertz CT molecular complexity index is 712. The molecule has 2 rings (SSSR count). The first-order chi connectivity index (χ1) is 11.4. The molecular weight excluding hydrogens is 437 g/mol. The number of fused-ring (bicyclic) bond motifs is 1. The van der Waals surface area contributed by atoms with Gasteiger partial charge in [0.15, 0.2) is 0 Å². The lowest BCUT2D eigenvalue weighted by molar-refractivity contribution is -0.149. The summed E-state index contributed by atoms with van der Waals surface area (Å²) in [6.07, 6.45) is -4.10. The minimum atomic E-state index is -4.95. The Morgan fingerprint density at radius 1 is 1.24 bits per heavy atom. The zero-order chi connectivity index (χ0) is 19.0. The van der Waals surface area contributed by atoms with E-state index in [9.17, 15) is 26.9 Å². The van der Waals surface area contributed by atoms with Crippen LogP contribution < -0.4 is 4.52 Å². The van der Waals surface area contributed by atoms with Gasteiger partial charge in [-0.2, -0.15) is 8.78 Å². The summed E-state index contributed by atoms with van der Waals surface area (Å²) in [6, 6.07) is 5.12. The van der Waals surface area contributed by atoms with E-state index in [1.165, 1.54) is 18.2 Å². The minimum absolute atomic E-state index is 0.247. The van der Waals surface area contributed by atoms with Crippen molar-refractivity contribution >= 4 is 48.4 Å². The molecule has 1 heterocycles. The highest BCUT2D eigenvalue weighted by Crippen LogP contribution is 2.62. The highest BCUT2D eigenvalue weighted by molar-refractivity contribution is 7.55. The third-order valence-corrected chi connectivity index (χ3v) is 5.93. The maximum atomic E-state index is 13.1. The van der Waals surface area contributed by atoms with Crippen LogP contribution in [0.3, 0.4) is 0 Å². The number of alkyl halides is 7. The van der Waals surface area contributed by atoms with Crippen molar-refractivity contribution in [2.75, 3.05) is 6.61 Å². The van der Waals surface area contributed by atoms with Crippen LogP contribution in [0.1, 0.15) is 10.4 Å². The van der Waals surface area contributed by atoms with Gasteiger partial charge in [0.2, 0.25) is 3.79 Å². The van der Waals surface area contributed by atoms with E-state index in [1.807, 2.05) is 0 Å². The topological polar surface area (TPSA) is 61.8 Å². The number of carbonyl (C=O) groups excluding carboxylic acids is 1. The van der Waals surface area contributed by atoms with Crippen molar-refractivity contribution in [1.82, 2.24) is 0 Å². The first kappa shape index (κ1) is 20.6. The number of ether oxygens (including phenoxy) is 1. The molecule has 5 nitrogen and oxygen atoms in total. The SMILES string of the molecule is O=C1OC(C(Cl)(Cl)Cl)P(=O)(OCC(F)(F)C(F)F)Oc2ccccc21. The van der Waals surface area contributed by atoms with Gasteiger partial charge in [0, 0.05) is 0 Å². The second-order valence-electron chi connectivity index (χ2n) is 4.76. The molecular formula is C12H8Cl3F4O5P. The van der Waals surface area contributed by atoms with Crippen LogP contribution in [-0.4, -0.2) is 34.6 Å². The van der Waals surface area contributed by atoms with Gasteiger partial charge >= 0.3 is 25.9 Å². The lowest BCUT2D eigenvalue weighted by atomic mass is 10.2. The van der Waals surface area contributed by atoms with E-state index >= 15 is 0 Å². The summed E-state index contributed by atoms with van der Waals surface area (Å²) in [7, 11) is -4.95. The van der Waals surface area contributed by atoms with E-state index in [4.69, 9.17) is 44.1 Å². The second-order valence-corrected chi connectivity index (χ2v) is 9.12. The van der Waals surface area contributed by atoms with Gasteiger partial charge in [-0.25, -0.2) is 18.1 Å². The van der Waals surface area contributed by atoms with Crippen LogP contribution in [0.15, 0.2) is 24.3 Å². The largest absolute Gasteiger partial charge is 0.440 e. The lowest BCUT2D eigenvalue weighted by Gasteiger charge is -2.29. The molecule has 1 aliphatic rings. The zero-order valence-electron chi connectivity index (χ0n) is 11.8. The predicted molar refractivity (Wildman–Crippen MR) is 81.1 cm³/mol. The van der Waals surface area contributed by atoms with Crippen molar-refractivity contribution < 1.29 is 40.7 Å². The van der Waals surface area contributed by atoms with Crippen LogP contribution in [-0.2, 0) is 13.8 Å². The quantitative estimate of drug-likeness (QED) is 0.281. The van der Waals surface area contributed by atoms with Gasteiger partial charge in [-0.05, 0) is 12.1 Å². The van der Waals surface area contributed by atoms with Crippen LogP contribution in [0.4, 0.5) is 17.6 Å². The summed E-state index contributed by atoms with van der Waals surface area (Å²) < 4.78 is 75.2. The molecule has 0 spiro atoms. The molecule has 2 unspecified atom stereocenters. The lowest BCUT2D eigenvalue weighted by Crippen LogP contribution is -2.36. The van der Waals surface area contributed by atoms with E-state index in [-0.39, 0.29) is 11.3 Å². The molecule has 0 N–H and O–H groups in total. The molecule has 0 aliphatic carbocycles.